The molecule has 1 aliphatic rings. The quantitative estimate of drug-likeness (QED) is 0.791. The number of nitrogens with two attached hydrogens (primary N) is 1. The topological polar surface area (TPSA) is 82.2 Å². The molecule has 27 heavy (non-hydrogen) atoms. The molecule has 0 unspecified atom stereocenters. The van der Waals surface area contributed by atoms with E-state index >= 15 is 0 Å². The highest BCUT2D eigenvalue weighted by Gasteiger charge is 2.38. The van der Waals surface area contributed by atoms with Crippen LogP contribution in [0.1, 0.15) is 43.9 Å². The van der Waals surface area contributed by atoms with E-state index in [1.807, 2.05) is 41.2 Å². The first-order chi connectivity index (χ1) is 12.6. The number of hydrogen-bond donors (Lipinski definition) is 2. The number of aromatic nitrogens is 2. The summed E-state index contributed by atoms with van der Waals surface area (Å²) in [6, 6.07) is 10.0. The Morgan fingerprint density at radius 1 is 1.30 bits per heavy atom. The van der Waals surface area contributed by atoms with Crippen LogP contribution in [0.2, 0.25) is 0 Å². The molecule has 0 saturated carbocycles. The fourth-order valence-electron chi connectivity index (χ4n) is 3.41. The van der Waals surface area contributed by atoms with Gasteiger partial charge in [0.25, 0.3) is 0 Å². The van der Waals surface area contributed by atoms with Gasteiger partial charge >= 0.3 is 0 Å². The average Bonchev–Trinajstić information content (AvgIpc) is 3.12. The van der Waals surface area contributed by atoms with Crippen molar-refractivity contribution in [3.05, 3.63) is 47.8 Å². The summed E-state index contributed by atoms with van der Waals surface area (Å²) >= 11 is 0. The van der Waals surface area contributed by atoms with Gasteiger partial charge in [-0.15, -0.1) is 12.4 Å². The second-order valence-electron chi connectivity index (χ2n) is 7.25. The van der Waals surface area contributed by atoms with Crippen molar-refractivity contribution in [1.82, 2.24) is 15.1 Å². The zero-order chi connectivity index (χ0) is 18.6. The van der Waals surface area contributed by atoms with Gasteiger partial charge in [-0.25, -0.2) is 4.68 Å². The van der Waals surface area contributed by atoms with Crippen LogP contribution in [0.4, 0.5) is 0 Å². The number of nitrogens with zero attached hydrogens (tertiary/aromatic N) is 2. The van der Waals surface area contributed by atoms with E-state index in [2.05, 4.69) is 19.2 Å². The summed E-state index contributed by atoms with van der Waals surface area (Å²) in [4.78, 5) is 12.8. The highest BCUT2D eigenvalue weighted by molar-refractivity contribution is 5.85. The Hall–Kier alpha value is -1.89. The molecule has 1 amide bonds. The van der Waals surface area contributed by atoms with Crippen LogP contribution in [-0.2, 0) is 16.1 Å². The lowest BCUT2D eigenvalue weighted by Crippen LogP contribution is -2.49. The summed E-state index contributed by atoms with van der Waals surface area (Å²) in [6.07, 6.45) is 3.36. The fraction of sp³-hybridized carbons (Fsp3) is 0.500. The van der Waals surface area contributed by atoms with Crippen molar-refractivity contribution < 1.29 is 9.53 Å². The van der Waals surface area contributed by atoms with Crippen LogP contribution in [0, 0.1) is 5.41 Å². The molecule has 148 valence electrons. The Bertz CT molecular complexity index is 740. The van der Waals surface area contributed by atoms with E-state index in [9.17, 15) is 4.79 Å². The minimum Gasteiger partial charge on any atom is -0.381 e. The Morgan fingerprint density at radius 3 is 2.56 bits per heavy atom. The summed E-state index contributed by atoms with van der Waals surface area (Å²) in [5, 5.41) is 7.82. The standard InChI is InChI=1S/C20H28N4O2.ClH/c1-15(2)18-16(13-24(23-18)17-6-4-3-5-7-17)12-22-19(25)20(14-21)8-10-26-11-9-20;/h3-7,13,15H,8-12,14,21H2,1-2H3,(H,22,25);1H. The van der Waals surface area contributed by atoms with Gasteiger partial charge in [0.15, 0.2) is 0 Å². The number of benzene rings is 1. The number of rotatable bonds is 6. The molecule has 0 bridgehead atoms. The normalized spacial score (nSPS) is 16.0. The van der Waals surface area contributed by atoms with Crippen molar-refractivity contribution in [1.29, 1.82) is 0 Å². The molecule has 0 radical (unpaired) electrons. The highest BCUT2D eigenvalue weighted by Crippen LogP contribution is 2.30. The third-order valence-electron chi connectivity index (χ3n) is 5.15. The van der Waals surface area contributed by atoms with Crippen molar-refractivity contribution in [2.75, 3.05) is 19.8 Å². The predicted molar refractivity (Wildman–Crippen MR) is 108 cm³/mol. The van der Waals surface area contributed by atoms with Crippen molar-refractivity contribution in [2.45, 2.75) is 39.2 Å². The first-order valence-corrected chi connectivity index (χ1v) is 9.26. The van der Waals surface area contributed by atoms with Crippen LogP contribution in [0.5, 0.6) is 0 Å². The van der Waals surface area contributed by atoms with E-state index < -0.39 is 5.41 Å². The van der Waals surface area contributed by atoms with Crippen LogP contribution in [0.3, 0.4) is 0 Å². The van der Waals surface area contributed by atoms with Gasteiger partial charge in [-0.1, -0.05) is 32.0 Å². The van der Waals surface area contributed by atoms with Crippen LogP contribution >= 0.6 is 12.4 Å². The van der Waals surface area contributed by atoms with Gasteiger partial charge in [0.05, 0.1) is 16.8 Å². The van der Waals surface area contributed by atoms with Gasteiger partial charge in [0.1, 0.15) is 0 Å². The molecule has 1 aromatic heterocycles. The average molecular weight is 393 g/mol. The summed E-state index contributed by atoms with van der Waals surface area (Å²) in [5.41, 5.74) is 8.48. The van der Waals surface area contributed by atoms with Crippen molar-refractivity contribution in [2.24, 2.45) is 11.1 Å². The first kappa shape index (κ1) is 21.4. The second kappa shape index (κ2) is 9.35. The van der Waals surface area contributed by atoms with E-state index in [1.54, 1.807) is 0 Å². The second-order valence-corrected chi connectivity index (χ2v) is 7.25. The molecule has 1 saturated heterocycles. The zero-order valence-electron chi connectivity index (χ0n) is 16.0. The Kier molecular flexibility index (Phi) is 7.41. The Balaban J connectivity index is 0.00000261. The zero-order valence-corrected chi connectivity index (χ0v) is 16.8. The number of amides is 1. The molecule has 2 aromatic rings. The Morgan fingerprint density at radius 2 is 1.96 bits per heavy atom. The van der Waals surface area contributed by atoms with E-state index in [-0.39, 0.29) is 24.2 Å². The number of nitrogens with one attached hydrogen (secondary N) is 1. The lowest BCUT2D eigenvalue weighted by Gasteiger charge is -2.34. The monoisotopic (exact) mass is 392 g/mol. The van der Waals surface area contributed by atoms with E-state index in [4.69, 9.17) is 15.6 Å². The molecule has 1 fully saturated rings. The van der Waals surface area contributed by atoms with Gasteiger partial charge in [0.2, 0.25) is 5.91 Å². The number of halogens is 1. The third kappa shape index (κ3) is 4.69. The molecule has 3 rings (SSSR count). The van der Waals surface area contributed by atoms with E-state index in [1.165, 1.54) is 0 Å². The Labute approximate surface area is 166 Å². The molecule has 2 heterocycles. The smallest absolute Gasteiger partial charge is 0.227 e. The van der Waals surface area contributed by atoms with Gasteiger partial charge in [0, 0.05) is 38.1 Å². The lowest BCUT2D eigenvalue weighted by molar-refractivity contribution is -0.136. The SMILES string of the molecule is CC(C)c1nn(-c2ccccc2)cc1CNC(=O)C1(CN)CCOCC1.Cl. The van der Waals surface area contributed by atoms with Crippen molar-refractivity contribution in [3.8, 4) is 5.69 Å². The van der Waals surface area contributed by atoms with Crippen LogP contribution in [0.25, 0.3) is 5.69 Å². The maximum Gasteiger partial charge on any atom is 0.227 e. The minimum atomic E-state index is -0.508. The molecular weight excluding hydrogens is 364 g/mol. The van der Waals surface area contributed by atoms with Gasteiger partial charge in [-0.05, 0) is 30.9 Å². The van der Waals surface area contributed by atoms with Crippen molar-refractivity contribution in [3.63, 3.8) is 0 Å². The maximum atomic E-state index is 12.8. The summed E-state index contributed by atoms with van der Waals surface area (Å²) < 4.78 is 7.27. The maximum absolute atomic E-state index is 12.8. The lowest BCUT2D eigenvalue weighted by atomic mass is 9.79. The van der Waals surface area contributed by atoms with Crippen LogP contribution in [0.15, 0.2) is 36.5 Å². The number of para-hydroxylation sites is 1. The molecule has 0 aliphatic carbocycles. The number of carbonyl (C=O) groups excluding carboxylic acids is 1. The molecular formula is C20H29ClN4O2. The highest BCUT2D eigenvalue weighted by atomic mass is 35.5. The predicted octanol–water partition coefficient (Wildman–Crippen LogP) is 2.79. The van der Waals surface area contributed by atoms with Crippen LogP contribution < -0.4 is 11.1 Å². The number of ether oxygens (including phenoxy) is 1. The molecule has 1 aliphatic heterocycles. The summed E-state index contributed by atoms with van der Waals surface area (Å²) in [5.74, 6) is 0.295. The molecule has 1 aromatic carbocycles. The summed E-state index contributed by atoms with van der Waals surface area (Å²) in [6.45, 7) is 6.22. The molecule has 0 atom stereocenters. The summed E-state index contributed by atoms with van der Waals surface area (Å²) in [7, 11) is 0. The molecule has 7 heteroatoms. The third-order valence-corrected chi connectivity index (χ3v) is 5.15. The number of carbonyl (C=O) groups is 1. The van der Waals surface area contributed by atoms with Crippen molar-refractivity contribution >= 4 is 18.3 Å². The van der Waals surface area contributed by atoms with Crippen LogP contribution in [-0.4, -0.2) is 35.4 Å². The largest absolute Gasteiger partial charge is 0.381 e. The van der Waals surface area contributed by atoms with Gasteiger partial charge in [-0.2, -0.15) is 5.10 Å². The van der Waals surface area contributed by atoms with E-state index in [0.717, 1.165) is 16.9 Å². The molecule has 3 N–H and O–H groups in total. The van der Waals surface area contributed by atoms with Gasteiger partial charge in [-0.3, -0.25) is 4.79 Å². The van der Waals surface area contributed by atoms with Gasteiger partial charge < -0.3 is 15.8 Å². The van der Waals surface area contributed by atoms with E-state index in [0.29, 0.717) is 39.1 Å². The first-order valence-electron chi connectivity index (χ1n) is 9.26. The number of hydrogen-bond acceptors (Lipinski definition) is 4. The molecule has 0 spiro atoms. The molecule has 6 nitrogen and oxygen atoms in total. The minimum absolute atomic E-state index is 0. The fourth-order valence-corrected chi connectivity index (χ4v) is 3.41.